The summed E-state index contributed by atoms with van der Waals surface area (Å²) in [5.41, 5.74) is 2.69. The zero-order valence-corrected chi connectivity index (χ0v) is 12.6. The molecule has 0 radical (unpaired) electrons. The molecule has 1 aromatic heterocycles. The largest absolute Gasteiger partial charge is 0.464 e. The lowest BCUT2D eigenvalue weighted by Gasteiger charge is -2.04. The molecule has 0 atom stereocenters. The Hall–Kier alpha value is -1.19. The van der Waals surface area contributed by atoms with Crippen LogP contribution >= 0.6 is 11.8 Å². The van der Waals surface area contributed by atoms with Crippen LogP contribution in [0.1, 0.15) is 29.6 Å². The Balaban J connectivity index is 1.91. The molecule has 0 saturated heterocycles. The molecule has 1 aromatic carbocycles. The number of hydrogen-bond acceptors (Lipinski definition) is 3. The molecule has 2 nitrogen and oxygen atoms in total. The van der Waals surface area contributed by atoms with E-state index in [1.54, 1.807) is 0 Å². The van der Waals surface area contributed by atoms with E-state index in [2.05, 4.69) is 56.4 Å². The van der Waals surface area contributed by atoms with Crippen LogP contribution in [0.2, 0.25) is 0 Å². The zero-order valence-electron chi connectivity index (χ0n) is 11.8. The van der Waals surface area contributed by atoms with Gasteiger partial charge in [-0.15, -0.1) is 11.8 Å². The van der Waals surface area contributed by atoms with Crippen LogP contribution in [0.3, 0.4) is 0 Å². The molecule has 0 fully saturated rings. The monoisotopic (exact) mass is 275 g/mol. The second-order valence-corrected chi connectivity index (χ2v) is 5.73. The highest BCUT2D eigenvalue weighted by molar-refractivity contribution is 7.98. The predicted octanol–water partition coefficient (Wildman–Crippen LogP) is 4.30. The van der Waals surface area contributed by atoms with Gasteiger partial charge in [0.1, 0.15) is 11.5 Å². The third-order valence-electron chi connectivity index (χ3n) is 3.13. The minimum Gasteiger partial charge on any atom is -0.464 e. The van der Waals surface area contributed by atoms with Gasteiger partial charge >= 0.3 is 0 Å². The average molecular weight is 275 g/mol. The molecule has 0 spiro atoms. The molecule has 19 heavy (non-hydrogen) atoms. The lowest BCUT2D eigenvalue weighted by molar-refractivity contribution is 0.463. The van der Waals surface area contributed by atoms with Gasteiger partial charge in [-0.2, -0.15) is 0 Å². The molecule has 0 aliphatic carbocycles. The standard InChI is InChI=1S/C16H21NOS/c1-4-17-10-14-6-7-15(18-14)11-19-16-8-5-12(2)13(3)9-16/h5-9,17H,4,10-11H2,1-3H3. The first-order valence-corrected chi connectivity index (χ1v) is 7.66. The van der Waals surface area contributed by atoms with Gasteiger partial charge in [-0.25, -0.2) is 0 Å². The van der Waals surface area contributed by atoms with E-state index in [0.29, 0.717) is 0 Å². The van der Waals surface area contributed by atoms with Gasteiger partial charge in [0.2, 0.25) is 0 Å². The van der Waals surface area contributed by atoms with Crippen LogP contribution in [0.25, 0.3) is 0 Å². The van der Waals surface area contributed by atoms with Gasteiger partial charge in [-0.05, 0) is 55.8 Å². The second kappa shape index (κ2) is 6.83. The molecule has 0 aliphatic heterocycles. The molecule has 0 amide bonds. The average Bonchev–Trinajstić information content (AvgIpc) is 2.86. The van der Waals surface area contributed by atoms with Crippen LogP contribution in [0, 0.1) is 13.8 Å². The molecule has 1 heterocycles. The summed E-state index contributed by atoms with van der Waals surface area (Å²) >= 11 is 1.82. The van der Waals surface area contributed by atoms with Gasteiger partial charge in [0.25, 0.3) is 0 Å². The van der Waals surface area contributed by atoms with Crippen LogP contribution in [-0.2, 0) is 12.3 Å². The van der Waals surface area contributed by atoms with Crippen molar-refractivity contribution >= 4 is 11.8 Å². The highest BCUT2D eigenvalue weighted by atomic mass is 32.2. The van der Waals surface area contributed by atoms with E-state index in [1.165, 1.54) is 16.0 Å². The second-order valence-electron chi connectivity index (χ2n) is 4.68. The molecule has 3 heteroatoms. The maximum absolute atomic E-state index is 5.78. The normalized spacial score (nSPS) is 10.9. The minimum atomic E-state index is 0.810. The first kappa shape index (κ1) is 14.2. The fourth-order valence-corrected chi connectivity index (χ4v) is 2.69. The highest BCUT2D eigenvalue weighted by Crippen LogP contribution is 2.25. The third-order valence-corrected chi connectivity index (χ3v) is 4.14. The number of hydrogen-bond donors (Lipinski definition) is 1. The molecule has 2 rings (SSSR count). The molecule has 0 saturated carbocycles. The SMILES string of the molecule is CCNCc1ccc(CSc2ccc(C)c(C)c2)o1. The number of nitrogens with one attached hydrogen (secondary N) is 1. The topological polar surface area (TPSA) is 25.2 Å². The van der Waals surface area contributed by atoms with Crippen molar-refractivity contribution in [3.63, 3.8) is 0 Å². The minimum absolute atomic E-state index is 0.810. The summed E-state index contributed by atoms with van der Waals surface area (Å²) in [6.07, 6.45) is 0. The summed E-state index contributed by atoms with van der Waals surface area (Å²) in [6.45, 7) is 8.17. The van der Waals surface area contributed by atoms with Crippen LogP contribution in [0.4, 0.5) is 0 Å². The molecule has 2 aromatic rings. The number of benzene rings is 1. The van der Waals surface area contributed by atoms with Crippen molar-refractivity contribution in [1.82, 2.24) is 5.32 Å². The Morgan fingerprint density at radius 1 is 1.05 bits per heavy atom. The molecular formula is C16H21NOS. The van der Waals surface area contributed by atoms with Crippen molar-refractivity contribution in [2.24, 2.45) is 0 Å². The Kier molecular flexibility index (Phi) is 5.11. The van der Waals surface area contributed by atoms with E-state index in [0.717, 1.165) is 30.4 Å². The van der Waals surface area contributed by atoms with E-state index in [9.17, 15) is 0 Å². The quantitative estimate of drug-likeness (QED) is 0.796. The highest BCUT2D eigenvalue weighted by Gasteiger charge is 2.03. The van der Waals surface area contributed by atoms with Crippen molar-refractivity contribution in [2.45, 2.75) is 38.0 Å². The lowest BCUT2D eigenvalue weighted by Crippen LogP contribution is -2.10. The predicted molar refractivity (Wildman–Crippen MR) is 81.6 cm³/mol. The van der Waals surface area contributed by atoms with E-state index in [4.69, 9.17) is 4.42 Å². The van der Waals surface area contributed by atoms with Crippen molar-refractivity contribution in [3.05, 3.63) is 53.0 Å². The van der Waals surface area contributed by atoms with E-state index >= 15 is 0 Å². The number of rotatable bonds is 6. The Labute approximate surface area is 119 Å². The van der Waals surface area contributed by atoms with E-state index in [1.807, 2.05) is 11.8 Å². The Morgan fingerprint density at radius 3 is 2.58 bits per heavy atom. The van der Waals surface area contributed by atoms with Gasteiger partial charge in [0.15, 0.2) is 0 Å². The van der Waals surface area contributed by atoms with E-state index in [-0.39, 0.29) is 0 Å². The first-order chi connectivity index (χ1) is 9.19. The van der Waals surface area contributed by atoms with Crippen molar-refractivity contribution in [3.8, 4) is 0 Å². The molecule has 0 unspecified atom stereocenters. The summed E-state index contributed by atoms with van der Waals surface area (Å²) in [6, 6.07) is 10.7. The first-order valence-electron chi connectivity index (χ1n) is 6.67. The molecular weight excluding hydrogens is 254 g/mol. The number of aryl methyl sites for hydroxylation is 2. The smallest absolute Gasteiger partial charge is 0.117 e. The maximum atomic E-state index is 5.78. The summed E-state index contributed by atoms with van der Waals surface area (Å²) in [5, 5.41) is 3.26. The number of furan rings is 1. The van der Waals surface area contributed by atoms with Gasteiger partial charge in [0, 0.05) is 4.90 Å². The summed E-state index contributed by atoms with van der Waals surface area (Å²) < 4.78 is 5.78. The number of thioether (sulfide) groups is 1. The molecule has 0 aliphatic rings. The van der Waals surface area contributed by atoms with Crippen LogP contribution < -0.4 is 5.32 Å². The van der Waals surface area contributed by atoms with E-state index < -0.39 is 0 Å². The van der Waals surface area contributed by atoms with Gasteiger partial charge in [-0.1, -0.05) is 13.0 Å². The van der Waals surface area contributed by atoms with Crippen LogP contribution in [0.5, 0.6) is 0 Å². The zero-order chi connectivity index (χ0) is 13.7. The molecule has 102 valence electrons. The lowest BCUT2D eigenvalue weighted by atomic mass is 10.1. The summed E-state index contributed by atoms with van der Waals surface area (Å²) in [4.78, 5) is 1.30. The van der Waals surface area contributed by atoms with Crippen molar-refractivity contribution in [2.75, 3.05) is 6.54 Å². The fraction of sp³-hybridized carbons (Fsp3) is 0.375. The van der Waals surface area contributed by atoms with Gasteiger partial charge in [-0.3, -0.25) is 0 Å². The Bertz CT molecular complexity index is 533. The summed E-state index contributed by atoms with van der Waals surface area (Å²) in [7, 11) is 0. The fourth-order valence-electron chi connectivity index (χ4n) is 1.80. The van der Waals surface area contributed by atoms with Crippen molar-refractivity contribution < 1.29 is 4.42 Å². The van der Waals surface area contributed by atoms with Crippen LogP contribution in [0.15, 0.2) is 39.6 Å². The van der Waals surface area contributed by atoms with Gasteiger partial charge < -0.3 is 9.73 Å². The van der Waals surface area contributed by atoms with Crippen molar-refractivity contribution in [1.29, 1.82) is 0 Å². The summed E-state index contributed by atoms with van der Waals surface area (Å²) in [5.74, 6) is 2.93. The Morgan fingerprint density at radius 2 is 1.84 bits per heavy atom. The molecule has 1 N–H and O–H groups in total. The van der Waals surface area contributed by atoms with Gasteiger partial charge in [0.05, 0.1) is 12.3 Å². The van der Waals surface area contributed by atoms with Crippen LogP contribution in [-0.4, -0.2) is 6.54 Å². The maximum Gasteiger partial charge on any atom is 0.117 e. The molecule has 0 bridgehead atoms. The third kappa shape index (κ3) is 4.15.